The maximum Gasteiger partial charge on any atom is 0.170 e. The minimum absolute atomic E-state index is 0.547. The van der Waals surface area contributed by atoms with Crippen molar-refractivity contribution >= 4 is 33.7 Å². The molecule has 0 radical (unpaired) electrons. The number of aliphatic imine (C=N–C) groups is 2. The molecule has 3 aromatic rings. The van der Waals surface area contributed by atoms with Gasteiger partial charge in [0.05, 0.1) is 0 Å². The lowest BCUT2D eigenvalue weighted by Crippen LogP contribution is -2.49. The lowest BCUT2D eigenvalue weighted by atomic mass is 9.99. The quantitative estimate of drug-likeness (QED) is 0.431. The Balaban J connectivity index is 1.39. The average molecular weight is 443 g/mol. The van der Waals surface area contributed by atoms with Crippen LogP contribution < -0.4 is 0 Å². The molecular weight excluding hydrogens is 412 g/mol. The van der Waals surface area contributed by atoms with Crippen LogP contribution in [-0.4, -0.2) is 40.0 Å². The molecule has 0 bridgehead atoms. The number of aromatic amines is 1. The van der Waals surface area contributed by atoms with Crippen molar-refractivity contribution in [3.63, 3.8) is 0 Å². The molecule has 3 heterocycles. The number of rotatable bonds is 6. The van der Waals surface area contributed by atoms with E-state index in [4.69, 9.17) is 9.98 Å². The van der Waals surface area contributed by atoms with Crippen molar-refractivity contribution in [2.24, 2.45) is 15.9 Å². The summed E-state index contributed by atoms with van der Waals surface area (Å²) < 4.78 is 0. The Bertz CT molecular complexity index is 1200. The number of unbranched alkanes of at least 4 members (excludes halogenated alkanes) is 1. The second-order valence-electron chi connectivity index (χ2n) is 9.31. The minimum Gasteiger partial charge on any atom is -0.361 e. The number of thioether (sulfide) groups is 1. The van der Waals surface area contributed by atoms with Crippen LogP contribution >= 0.6 is 11.8 Å². The predicted octanol–water partition coefficient (Wildman–Crippen LogP) is 6.72. The van der Waals surface area contributed by atoms with E-state index in [0.717, 1.165) is 42.9 Å². The number of fused-ring (bicyclic) bond motifs is 4. The molecule has 2 aromatic carbocycles. The second kappa shape index (κ2) is 8.43. The van der Waals surface area contributed by atoms with Crippen LogP contribution in [0.1, 0.15) is 51.0 Å². The van der Waals surface area contributed by atoms with Gasteiger partial charge >= 0.3 is 0 Å². The Kier molecular flexibility index (Phi) is 5.30. The van der Waals surface area contributed by atoms with E-state index >= 15 is 0 Å². The molecule has 1 saturated carbocycles. The van der Waals surface area contributed by atoms with E-state index in [1.807, 2.05) is 18.0 Å². The van der Waals surface area contributed by atoms with Crippen LogP contribution in [0.25, 0.3) is 22.0 Å². The summed E-state index contributed by atoms with van der Waals surface area (Å²) in [6.07, 6.45) is 9.56. The molecule has 1 aliphatic carbocycles. The number of hydrogen-bond acceptors (Lipinski definition) is 3. The normalized spacial score (nSPS) is 21.5. The second-order valence-corrected chi connectivity index (χ2v) is 10.3. The number of hydrogen-bond donors (Lipinski definition) is 1. The van der Waals surface area contributed by atoms with Gasteiger partial charge in [-0.05, 0) is 66.0 Å². The van der Waals surface area contributed by atoms with Crippen LogP contribution in [-0.2, 0) is 0 Å². The molecule has 5 heteroatoms. The molecule has 0 saturated heterocycles. The van der Waals surface area contributed by atoms with Crippen molar-refractivity contribution < 1.29 is 0 Å². The van der Waals surface area contributed by atoms with E-state index in [0.29, 0.717) is 6.04 Å². The maximum atomic E-state index is 5.09. The number of nitrogens with one attached hydrogen (secondary N) is 1. The van der Waals surface area contributed by atoms with Gasteiger partial charge in [0.1, 0.15) is 5.84 Å². The summed E-state index contributed by atoms with van der Waals surface area (Å²) in [6.45, 7) is 4.07. The molecule has 32 heavy (non-hydrogen) atoms. The molecule has 1 fully saturated rings. The van der Waals surface area contributed by atoms with Gasteiger partial charge in [-0.1, -0.05) is 56.1 Å². The largest absolute Gasteiger partial charge is 0.361 e. The molecule has 6 rings (SSSR count). The molecular formula is C27H30N4S. The number of amidine groups is 2. The number of H-pyrrole nitrogens is 1. The van der Waals surface area contributed by atoms with Gasteiger partial charge in [0.25, 0.3) is 0 Å². The van der Waals surface area contributed by atoms with E-state index in [1.165, 1.54) is 58.2 Å². The molecule has 1 aromatic heterocycles. The van der Waals surface area contributed by atoms with Gasteiger partial charge in [0, 0.05) is 41.3 Å². The third-order valence-electron chi connectivity index (χ3n) is 6.90. The Morgan fingerprint density at radius 2 is 1.97 bits per heavy atom. The van der Waals surface area contributed by atoms with E-state index < -0.39 is 0 Å². The van der Waals surface area contributed by atoms with Crippen LogP contribution in [0.3, 0.4) is 0 Å². The fourth-order valence-corrected chi connectivity index (χ4v) is 6.05. The first-order valence-corrected chi connectivity index (χ1v) is 12.9. The zero-order chi connectivity index (χ0) is 21.5. The Labute approximate surface area is 194 Å². The van der Waals surface area contributed by atoms with Crippen LogP contribution in [0.5, 0.6) is 0 Å². The van der Waals surface area contributed by atoms with Crippen LogP contribution in [0.4, 0.5) is 0 Å². The van der Waals surface area contributed by atoms with Gasteiger partial charge in [-0.25, -0.2) is 0 Å². The third-order valence-corrected chi connectivity index (χ3v) is 7.96. The van der Waals surface area contributed by atoms with Gasteiger partial charge in [-0.3, -0.25) is 9.98 Å². The minimum atomic E-state index is 0.547. The predicted molar refractivity (Wildman–Crippen MR) is 136 cm³/mol. The van der Waals surface area contributed by atoms with Gasteiger partial charge in [-0.2, -0.15) is 0 Å². The fourth-order valence-electron chi connectivity index (χ4n) is 4.91. The summed E-state index contributed by atoms with van der Waals surface area (Å²) in [6, 6.07) is 16.2. The average Bonchev–Trinajstić information content (AvgIpc) is 3.51. The molecule has 0 amide bonds. The zero-order valence-electron chi connectivity index (χ0n) is 18.7. The lowest BCUT2D eigenvalue weighted by Gasteiger charge is -2.41. The Hall–Kier alpha value is -2.53. The highest BCUT2D eigenvalue weighted by Crippen LogP contribution is 2.42. The number of aromatic nitrogens is 1. The summed E-state index contributed by atoms with van der Waals surface area (Å²) in [5.74, 6) is 2.06. The van der Waals surface area contributed by atoms with Gasteiger partial charge in [0.15, 0.2) is 5.17 Å². The summed E-state index contributed by atoms with van der Waals surface area (Å²) in [5.41, 5.74) is 4.95. The monoisotopic (exact) mass is 442 g/mol. The lowest BCUT2D eigenvalue weighted by molar-refractivity contribution is 0.356. The molecule has 1 N–H and O–H groups in total. The molecule has 2 aliphatic heterocycles. The standard InChI is InChI=1S/C27H30N4S/c1-2-3-12-30-27-31-22(15-18-4-5-18)11-14-29-26(31)23-9-8-21(17-25(23)32-27)20-7-6-19-10-13-28-24(19)16-20/h6-10,13,16-18,22,28H,2-5,11-12,14-15H2,1H3. The molecule has 4 nitrogen and oxygen atoms in total. The summed E-state index contributed by atoms with van der Waals surface area (Å²) in [4.78, 5) is 17.2. The van der Waals surface area contributed by atoms with Crippen molar-refractivity contribution in [1.82, 2.24) is 9.88 Å². The topological polar surface area (TPSA) is 43.8 Å². The maximum absolute atomic E-state index is 5.09. The smallest absolute Gasteiger partial charge is 0.170 e. The molecule has 3 aliphatic rings. The van der Waals surface area contributed by atoms with Crippen molar-refractivity contribution in [1.29, 1.82) is 0 Å². The molecule has 0 spiro atoms. The van der Waals surface area contributed by atoms with E-state index in [2.05, 4.69) is 59.3 Å². The molecule has 164 valence electrons. The van der Waals surface area contributed by atoms with E-state index in [-0.39, 0.29) is 0 Å². The van der Waals surface area contributed by atoms with Crippen LogP contribution in [0.15, 0.2) is 63.5 Å². The molecule has 1 atom stereocenters. The summed E-state index contributed by atoms with van der Waals surface area (Å²) in [7, 11) is 0. The summed E-state index contributed by atoms with van der Waals surface area (Å²) in [5, 5.41) is 2.41. The van der Waals surface area contributed by atoms with Crippen molar-refractivity contribution in [2.75, 3.05) is 13.1 Å². The molecule has 1 unspecified atom stereocenters. The SMILES string of the molecule is CCCCN=C1Sc2cc(-c3ccc4cc[nH]c4c3)ccc2C2=NCCC(CC3CC3)N12. The van der Waals surface area contributed by atoms with Gasteiger partial charge < -0.3 is 9.88 Å². The van der Waals surface area contributed by atoms with Crippen LogP contribution in [0, 0.1) is 5.92 Å². The van der Waals surface area contributed by atoms with Crippen LogP contribution in [0.2, 0.25) is 0 Å². The number of benzene rings is 2. The first kappa shape index (κ1) is 20.1. The first-order chi connectivity index (χ1) is 15.8. The van der Waals surface area contributed by atoms with Gasteiger partial charge in [0.2, 0.25) is 0 Å². The highest BCUT2D eigenvalue weighted by atomic mass is 32.2. The van der Waals surface area contributed by atoms with E-state index in [1.54, 1.807) is 0 Å². The van der Waals surface area contributed by atoms with Crippen molar-refractivity contribution in [2.45, 2.75) is 56.4 Å². The third kappa shape index (κ3) is 3.77. The summed E-state index contributed by atoms with van der Waals surface area (Å²) >= 11 is 1.85. The zero-order valence-corrected chi connectivity index (χ0v) is 19.5. The highest BCUT2D eigenvalue weighted by Gasteiger charge is 2.38. The van der Waals surface area contributed by atoms with Crippen molar-refractivity contribution in [3.8, 4) is 11.1 Å². The first-order valence-electron chi connectivity index (χ1n) is 12.1. The highest BCUT2D eigenvalue weighted by molar-refractivity contribution is 8.14. The Morgan fingerprint density at radius 3 is 2.84 bits per heavy atom. The number of nitrogens with zero attached hydrogens (tertiary/aromatic N) is 3. The van der Waals surface area contributed by atoms with Crippen molar-refractivity contribution in [3.05, 3.63) is 54.2 Å². The van der Waals surface area contributed by atoms with E-state index in [9.17, 15) is 0 Å². The fraction of sp³-hybridized carbons (Fsp3) is 0.407. The Morgan fingerprint density at radius 1 is 1.09 bits per heavy atom. The van der Waals surface area contributed by atoms with Gasteiger partial charge in [-0.15, -0.1) is 0 Å².